The molecule has 0 atom stereocenters. The molecule has 0 aliphatic carbocycles. The topological polar surface area (TPSA) is 65.0 Å². The largest absolute Gasteiger partial charge is 0.454 e. The number of carbonyl (C=O) groups excluding carboxylic acids is 1. The van der Waals surface area contributed by atoms with Crippen LogP contribution in [0.25, 0.3) is 21.5 Å². The Kier molecular flexibility index (Phi) is 5.93. The van der Waals surface area contributed by atoms with E-state index in [1.807, 2.05) is 18.2 Å². The number of methoxy groups -OCH3 is 1. The van der Waals surface area contributed by atoms with Gasteiger partial charge in [-0.05, 0) is 29.6 Å². The third kappa shape index (κ3) is 4.15. The van der Waals surface area contributed by atoms with Gasteiger partial charge in [0.1, 0.15) is 0 Å². The number of ether oxygens (including phenoxy) is 3. The van der Waals surface area contributed by atoms with Crippen molar-refractivity contribution < 1.29 is 19.0 Å². The average Bonchev–Trinajstić information content (AvgIpc) is 3.57. The first-order valence-electron chi connectivity index (χ1n) is 10.7. The van der Waals surface area contributed by atoms with Gasteiger partial charge in [0, 0.05) is 48.9 Å². The number of amides is 2. The fourth-order valence-corrected chi connectivity index (χ4v) is 5.01. The van der Waals surface area contributed by atoms with E-state index in [9.17, 15) is 4.79 Å². The first-order valence-corrected chi connectivity index (χ1v) is 11.6. The number of benzene rings is 2. The Morgan fingerprint density at radius 2 is 2.00 bits per heavy atom. The van der Waals surface area contributed by atoms with E-state index in [4.69, 9.17) is 14.2 Å². The molecule has 0 bridgehead atoms. The van der Waals surface area contributed by atoms with Gasteiger partial charge in [0.2, 0.25) is 6.79 Å². The summed E-state index contributed by atoms with van der Waals surface area (Å²) < 4.78 is 18.3. The van der Waals surface area contributed by atoms with Crippen molar-refractivity contribution in [2.24, 2.45) is 7.05 Å². The van der Waals surface area contributed by atoms with Crippen LogP contribution in [0.2, 0.25) is 0 Å². The minimum atomic E-state index is -0.198. The molecule has 33 heavy (non-hydrogen) atoms. The molecule has 0 radical (unpaired) electrons. The summed E-state index contributed by atoms with van der Waals surface area (Å²) in [5.74, 6) is 1.31. The van der Waals surface area contributed by atoms with Crippen molar-refractivity contribution in [1.82, 2.24) is 9.47 Å². The number of fused-ring (bicyclic) bond motifs is 2. The summed E-state index contributed by atoms with van der Waals surface area (Å²) in [6, 6.07) is 17.7. The van der Waals surface area contributed by atoms with Crippen LogP contribution >= 0.6 is 11.3 Å². The highest BCUT2D eigenvalue weighted by atomic mass is 32.1. The molecule has 3 heterocycles. The Hall–Kier alpha value is -3.49. The summed E-state index contributed by atoms with van der Waals surface area (Å²) in [6.07, 6.45) is 0. The van der Waals surface area contributed by atoms with Crippen LogP contribution < -0.4 is 14.8 Å². The molecule has 0 saturated heterocycles. The second kappa shape index (κ2) is 9.17. The van der Waals surface area contributed by atoms with Crippen LogP contribution in [-0.2, 0) is 18.3 Å². The quantitative estimate of drug-likeness (QED) is 0.403. The van der Waals surface area contributed by atoms with E-state index in [1.165, 1.54) is 4.88 Å². The maximum absolute atomic E-state index is 13.3. The van der Waals surface area contributed by atoms with Gasteiger partial charge in [0.15, 0.2) is 11.5 Å². The molecule has 0 unspecified atom stereocenters. The van der Waals surface area contributed by atoms with Crippen LogP contribution in [0.15, 0.2) is 60.0 Å². The highest BCUT2D eigenvalue weighted by Crippen LogP contribution is 2.37. The normalized spacial score (nSPS) is 12.3. The summed E-state index contributed by atoms with van der Waals surface area (Å²) in [6.45, 7) is 1.54. The third-order valence-corrected chi connectivity index (χ3v) is 6.67. The smallest absolute Gasteiger partial charge is 0.322 e. The van der Waals surface area contributed by atoms with Crippen LogP contribution in [0.3, 0.4) is 0 Å². The third-order valence-electron chi connectivity index (χ3n) is 5.79. The van der Waals surface area contributed by atoms with E-state index in [1.54, 1.807) is 35.5 Å². The van der Waals surface area contributed by atoms with Gasteiger partial charge in [-0.3, -0.25) is 0 Å². The number of hydrogen-bond acceptors (Lipinski definition) is 5. The van der Waals surface area contributed by atoms with E-state index in [0.717, 1.165) is 22.2 Å². The van der Waals surface area contributed by atoms with Gasteiger partial charge < -0.3 is 29.0 Å². The minimum absolute atomic E-state index is 0.194. The summed E-state index contributed by atoms with van der Waals surface area (Å²) in [5, 5.41) is 6.22. The van der Waals surface area contributed by atoms with Gasteiger partial charge in [-0.1, -0.05) is 24.3 Å². The van der Waals surface area contributed by atoms with Crippen LogP contribution in [0, 0.1) is 0 Å². The molecule has 7 nitrogen and oxygen atoms in total. The highest BCUT2D eigenvalue weighted by molar-refractivity contribution is 7.13. The maximum atomic E-state index is 13.3. The molecule has 0 saturated carbocycles. The van der Waals surface area contributed by atoms with Crippen molar-refractivity contribution in [2.45, 2.75) is 6.54 Å². The number of hydrogen-bond donors (Lipinski definition) is 1. The number of aromatic nitrogens is 1. The van der Waals surface area contributed by atoms with E-state index >= 15 is 0 Å². The molecule has 0 fully saturated rings. The lowest BCUT2D eigenvalue weighted by atomic mass is 10.1. The molecule has 1 aliphatic rings. The van der Waals surface area contributed by atoms with Crippen molar-refractivity contribution in [3.05, 3.63) is 65.5 Å². The predicted octanol–water partition coefficient (Wildman–Crippen LogP) is 5.32. The zero-order valence-corrected chi connectivity index (χ0v) is 19.4. The number of thiophene rings is 1. The average molecular weight is 464 g/mol. The summed E-state index contributed by atoms with van der Waals surface area (Å²) in [5.41, 5.74) is 4.04. The van der Waals surface area contributed by atoms with Crippen molar-refractivity contribution in [1.29, 1.82) is 0 Å². The van der Waals surface area contributed by atoms with E-state index in [2.05, 4.69) is 46.6 Å². The number of anilines is 1. The van der Waals surface area contributed by atoms with E-state index < -0.39 is 0 Å². The molecule has 4 aromatic rings. The first kappa shape index (κ1) is 21.4. The summed E-state index contributed by atoms with van der Waals surface area (Å²) in [4.78, 5) is 16.3. The molecule has 1 N–H and O–H groups in total. The Labute approximate surface area is 196 Å². The maximum Gasteiger partial charge on any atom is 0.322 e. The number of nitrogens with zero attached hydrogens (tertiary/aromatic N) is 2. The molecule has 2 aromatic carbocycles. The van der Waals surface area contributed by atoms with Crippen molar-refractivity contribution in [3.8, 4) is 22.1 Å². The molecule has 5 rings (SSSR count). The summed E-state index contributed by atoms with van der Waals surface area (Å²) >= 11 is 1.70. The Morgan fingerprint density at radius 3 is 2.82 bits per heavy atom. The molecular weight excluding hydrogens is 438 g/mol. The van der Waals surface area contributed by atoms with Crippen LogP contribution in [-0.4, -0.2) is 42.6 Å². The number of carbonyl (C=O) groups is 1. The predicted molar refractivity (Wildman–Crippen MR) is 130 cm³/mol. The Balaban J connectivity index is 1.48. The van der Waals surface area contributed by atoms with Crippen LogP contribution in [0.4, 0.5) is 10.5 Å². The van der Waals surface area contributed by atoms with Gasteiger partial charge in [-0.25, -0.2) is 4.79 Å². The standard InChI is InChI=1S/C25H25N3O4S/c1-27-20-7-4-3-6-18(20)19(24(27)23-8-5-13-33-23)15-28(11-12-30-2)25(29)26-17-9-10-21-22(14-17)32-16-31-21/h3-10,13-14H,11-12,15-16H2,1-2H3,(H,26,29). The van der Waals surface area contributed by atoms with Crippen molar-refractivity contribution in [2.75, 3.05) is 32.4 Å². The molecule has 8 heteroatoms. The molecule has 2 amide bonds. The Morgan fingerprint density at radius 1 is 1.15 bits per heavy atom. The second-order valence-corrected chi connectivity index (χ2v) is 8.74. The van der Waals surface area contributed by atoms with Crippen molar-refractivity contribution in [3.63, 3.8) is 0 Å². The monoisotopic (exact) mass is 463 g/mol. The molecule has 1 aliphatic heterocycles. The van der Waals surface area contributed by atoms with Gasteiger partial charge in [-0.15, -0.1) is 11.3 Å². The van der Waals surface area contributed by atoms with Gasteiger partial charge in [0.05, 0.1) is 23.7 Å². The molecule has 2 aromatic heterocycles. The number of nitrogens with one attached hydrogen (secondary N) is 1. The van der Waals surface area contributed by atoms with Crippen LogP contribution in [0.5, 0.6) is 11.5 Å². The number of rotatable bonds is 7. The molecule has 0 spiro atoms. The van der Waals surface area contributed by atoms with Gasteiger partial charge in [-0.2, -0.15) is 0 Å². The molecule has 170 valence electrons. The van der Waals surface area contributed by atoms with Crippen LogP contribution in [0.1, 0.15) is 5.56 Å². The van der Waals surface area contributed by atoms with Gasteiger partial charge >= 0.3 is 6.03 Å². The number of para-hydroxylation sites is 1. The Bertz CT molecular complexity index is 1280. The second-order valence-electron chi connectivity index (χ2n) is 7.79. The summed E-state index contributed by atoms with van der Waals surface area (Å²) in [7, 11) is 3.72. The first-order chi connectivity index (χ1) is 16.2. The minimum Gasteiger partial charge on any atom is -0.454 e. The lowest BCUT2D eigenvalue weighted by Crippen LogP contribution is -2.37. The fraction of sp³-hybridized carbons (Fsp3) is 0.240. The number of urea groups is 1. The fourth-order valence-electron chi connectivity index (χ4n) is 4.18. The SMILES string of the molecule is COCCN(Cc1c(-c2cccs2)n(C)c2ccccc12)C(=O)Nc1ccc2c(c1)OCO2. The number of aryl methyl sites for hydroxylation is 1. The van der Waals surface area contributed by atoms with E-state index in [-0.39, 0.29) is 12.8 Å². The lowest BCUT2D eigenvalue weighted by Gasteiger charge is -2.23. The zero-order chi connectivity index (χ0) is 22.8. The molecular formula is C25H25N3O4S. The highest BCUT2D eigenvalue weighted by Gasteiger charge is 2.23. The van der Waals surface area contributed by atoms with E-state index in [0.29, 0.717) is 36.9 Å². The van der Waals surface area contributed by atoms with Gasteiger partial charge in [0.25, 0.3) is 0 Å². The van der Waals surface area contributed by atoms with Crippen molar-refractivity contribution >= 4 is 34.0 Å². The zero-order valence-electron chi connectivity index (χ0n) is 18.5. The lowest BCUT2D eigenvalue weighted by molar-refractivity contribution is 0.153.